The molecule has 3 aliphatic rings. The average Bonchev–Trinajstić information content (AvgIpc) is 3.81. The highest BCUT2D eigenvalue weighted by atomic mass is 35.5. The van der Waals surface area contributed by atoms with Gasteiger partial charge < -0.3 is 29.6 Å². The van der Waals surface area contributed by atoms with Crippen molar-refractivity contribution in [3.8, 4) is 0 Å². The molecule has 0 aromatic heterocycles. The third-order valence-corrected chi connectivity index (χ3v) is 18.7. The van der Waals surface area contributed by atoms with E-state index in [0.29, 0.717) is 48.1 Å². The van der Waals surface area contributed by atoms with Crippen molar-refractivity contribution in [3.05, 3.63) is 0 Å². The summed E-state index contributed by atoms with van der Waals surface area (Å²) in [6, 6.07) is 0. The highest BCUT2D eigenvalue weighted by Gasteiger charge is 2.21. The highest BCUT2D eigenvalue weighted by molar-refractivity contribution is 8.44. The van der Waals surface area contributed by atoms with Crippen molar-refractivity contribution in [2.75, 3.05) is 25.5 Å². The number of hydrogen-bond acceptors (Lipinski definition) is 10. The fourth-order valence-electron chi connectivity index (χ4n) is 4.43. The normalized spacial score (nSPS) is 18.2. The Hall–Kier alpha value is 0.470. The molecule has 0 bridgehead atoms. The SMILES string of the molecule is CCOC(=O)CCP(N)PP.CCOC(=O)CCP(NC(=O)OC1CCCC1)PP.O=C(Cl)OC1CCCC1.OC1CCCC1. The summed E-state index contributed by atoms with van der Waals surface area (Å²) in [7, 11) is 5.32. The zero-order valence-electron chi connectivity index (χ0n) is 26.7. The molecule has 18 heteroatoms. The van der Waals surface area contributed by atoms with Gasteiger partial charge in [0.25, 0.3) is 0 Å². The van der Waals surface area contributed by atoms with Gasteiger partial charge in [-0.15, -0.1) is 17.9 Å². The average molecular weight is 773 g/mol. The molecule has 3 saturated carbocycles. The summed E-state index contributed by atoms with van der Waals surface area (Å²) in [5.74, 6) is -0.335. The van der Waals surface area contributed by atoms with E-state index < -0.39 is 21.0 Å². The molecule has 0 heterocycles. The molecule has 3 aliphatic carbocycles. The number of aliphatic hydroxyl groups is 1. The van der Waals surface area contributed by atoms with Crippen LogP contribution in [0.5, 0.6) is 0 Å². The minimum atomic E-state index is -0.696. The Morgan fingerprint density at radius 2 is 1.24 bits per heavy atom. The van der Waals surface area contributed by atoms with Crippen molar-refractivity contribution >= 4 is 84.4 Å². The standard InChI is InChI=1S/C11H22NO4P3.C6H9ClO2.C5H14NO2P3.C5H10O/c1-2-15-10(13)7-8-19(18-17)12-11(14)16-9-5-3-4-6-9;7-6(8)9-5-3-1-2-4-5;1-2-8-5(7)3-4-11(6)10-9;6-5-3-1-2-4-5/h9,18H,2-8,17H2,1H3,(H,12,14);5H,1-4H2;10H,2-4,6,9H2,1H3;5-6H,1-4H2. The second-order valence-corrected chi connectivity index (χ2v) is 23.6. The topological polar surface area (TPSA) is 163 Å². The van der Waals surface area contributed by atoms with Crippen molar-refractivity contribution < 1.29 is 43.2 Å². The largest absolute Gasteiger partial charge is 0.466 e. The summed E-state index contributed by atoms with van der Waals surface area (Å²) in [5.41, 5.74) is 5.00. The summed E-state index contributed by atoms with van der Waals surface area (Å²) in [4.78, 5) is 43.9. The van der Waals surface area contributed by atoms with Gasteiger partial charge in [0.1, 0.15) is 12.2 Å². The lowest BCUT2D eigenvalue weighted by atomic mass is 10.3. The maximum atomic E-state index is 11.7. The number of amides is 1. The molecular weight excluding hydrogens is 718 g/mol. The maximum Gasteiger partial charge on any atom is 0.410 e. The Bertz CT molecular complexity index is 807. The monoisotopic (exact) mass is 772 g/mol. The minimum absolute atomic E-state index is 0.0463. The highest BCUT2D eigenvalue weighted by Crippen LogP contribution is 2.57. The van der Waals surface area contributed by atoms with E-state index in [-0.39, 0.29) is 36.3 Å². The lowest BCUT2D eigenvalue weighted by molar-refractivity contribution is -0.143. The number of rotatable bonds is 13. The summed E-state index contributed by atoms with van der Waals surface area (Å²) in [6.45, 7) is 4.46. The molecular formula is C27H55ClN2O9P6. The fraction of sp³-hybridized carbons (Fsp3) is 0.852. The van der Waals surface area contributed by atoms with Crippen LogP contribution in [0.3, 0.4) is 0 Å². The molecule has 1 amide bonds. The van der Waals surface area contributed by atoms with Crippen LogP contribution in [0.1, 0.15) is 104 Å². The molecule has 0 aromatic rings. The predicted octanol–water partition coefficient (Wildman–Crippen LogP) is 8.29. The van der Waals surface area contributed by atoms with Gasteiger partial charge in [-0.2, -0.15) is 0 Å². The number of aliphatic hydroxyl groups excluding tert-OH is 1. The first-order valence-electron chi connectivity index (χ1n) is 15.6. The van der Waals surface area contributed by atoms with Gasteiger partial charge in [-0.3, -0.25) is 14.7 Å². The molecule has 3 fully saturated rings. The van der Waals surface area contributed by atoms with Crippen LogP contribution in [0.25, 0.3) is 0 Å². The van der Waals surface area contributed by atoms with Crippen LogP contribution in [0, 0.1) is 0 Å². The van der Waals surface area contributed by atoms with Crippen molar-refractivity contribution in [1.82, 2.24) is 5.09 Å². The summed E-state index contributed by atoms with van der Waals surface area (Å²) in [6.07, 6.45) is 15.2. The van der Waals surface area contributed by atoms with Crippen LogP contribution in [-0.2, 0) is 28.5 Å². The van der Waals surface area contributed by atoms with E-state index in [0.717, 1.165) is 70.4 Å². The number of esters is 2. The van der Waals surface area contributed by atoms with Crippen molar-refractivity contribution in [3.63, 3.8) is 0 Å². The van der Waals surface area contributed by atoms with Gasteiger partial charge in [0.2, 0.25) is 0 Å². The number of carbonyl (C=O) groups excluding carboxylic acids is 4. The number of hydrogen-bond donors (Lipinski definition) is 3. The lowest BCUT2D eigenvalue weighted by Crippen LogP contribution is -2.24. The first-order valence-corrected chi connectivity index (χ1v) is 26.4. The molecule has 6 unspecified atom stereocenters. The summed E-state index contributed by atoms with van der Waals surface area (Å²) in [5, 5.41) is 11.6. The maximum absolute atomic E-state index is 11.7. The Kier molecular flexibility index (Phi) is 30.8. The first kappa shape index (κ1) is 45.5. The number of nitrogens with two attached hydrogens (primary N) is 1. The molecule has 0 saturated heterocycles. The second-order valence-electron chi connectivity index (χ2n) is 10.3. The van der Waals surface area contributed by atoms with Crippen LogP contribution >= 0.6 is 60.9 Å². The molecule has 3 rings (SSSR count). The molecule has 45 heavy (non-hydrogen) atoms. The van der Waals surface area contributed by atoms with Crippen LogP contribution < -0.4 is 10.6 Å². The van der Waals surface area contributed by atoms with Gasteiger partial charge in [0.05, 0.1) is 32.2 Å². The van der Waals surface area contributed by atoms with Crippen molar-refractivity contribution in [2.45, 2.75) is 122 Å². The quantitative estimate of drug-likeness (QED) is 0.0718. The molecule has 0 aliphatic heterocycles. The Morgan fingerprint density at radius 1 is 0.800 bits per heavy atom. The van der Waals surface area contributed by atoms with Crippen molar-refractivity contribution in [1.29, 1.82) is 0 Å². The van der Waals surface area contributed by atoms with Crippen LogP contribution in [0.15, 0.2) is 0 Å². The van der Waals surface area contributed by atoms with Crippen LogP contribution in [-0.4, -0.2) is 72.4 Å². The Morgan fingerprint density at radius 3 is 1.62 bits per heavy atom. The second kappa shape index (κ2) is 30.5. The van der Waals surface area contributed by atoms with E-state index in [4.69, 9.17) is 41.2 Å². The van der Waals surface area contributed by atoms with Gasteiger partial charge in [-0.1, -0.05) is 28.8 Å². The molecule has 0 radical (unpaired) electrons. The number of carbonyl (C=O) groups is 4. The molecule has 11 nitrogen and oxygen atoms in total. The van der Waals surface area contributed by atoms with E-state index in [9.17, 15) is 19.2 Å². The number of ether oxygens (including phenoxy) is 4. The molecule has 6 atom stereocenters. The van der Waals surface area contributed by atoms with E-state index in [1.807, 2.05) is 0 Å². The third kappa shape index (κ3) is 28.1. The zero-order chi connectivity index (χ0) is 33.9. The Balaban J connectivity index is 0.000000629. The molecule has 264 valence electrons. The van der Waals surface area contributed by atoms with Gasteiger partial charge in [0.15, 0.2) is 0 Å². The van der Waals surface area contributed by atoms with Crippen LogP contribution in [0.2, 0.25) is 0 Å². The molecule has 4 N–H and O–H groups in total. The Labute approximate surface area is 284 Å². The predicted molar refractivity (Wildman–Crippen MR) is 197 cm³/mol. The zero-order valence-corrected chi connectivity index (χ0v) is 33.5. The van der Waals surface area contributed by atoms with E-state index >= 15 is 0 Å². The minimum Gasteiger partial charge on any atom is -0.466 e. The number of nitrogens with one attached hydrogen (secondary N) is 1. The first-order chi connectivity index (χ1) is 21.5. The van der Waals surface area contributed by atoms with Gasteiger partial charge in [-0.25, -0.2) is 9.59 Å². The smallest absolute Gasteiger partial charge is 0.410 e. The van der Waals surface area contributed by atoms with E-state index in [1.165, 1.54) is 12.8 Å². The third-order valence-electron chi connectivity index (χ3n) is 6.72. The lowest BCUT2D eigenvalue weighted by Gasteiger charge is -2.18. The van der Waals surface area contributed by atoms with Gasteiger partial charge in [-0.05, 0) is 92.0 Å². The fourth-order valence-corrected chi connectivity index (χ4v) is 10.9. The van der Waals surface area contributed by atoms with E-state index in [1.54, 1.807) is 13.8 Å². The van der Waals surface area contributed by atoms with E-state index in [2.05, 4.69) is 22.9 Å². The van der Waals surface area contributed by atoms with Gasteiger partial charge in [0, 0.05) is 25.5 Å². The van der Waals surface area contributed by atoms with Crippen LogP contribution in [0.4, 0.5) is 9.59 Å². The van der Waals surface area contributed by atoms with Gasteiger partial charge >= 0.3 is 23.5 Å². The molecule has 0 spiro atoms. The summed E-state index contributed by atoms with van der Waals surface area (Å²) >= 11 is 5.00. The number of halogens is 1. The summed E-state index contributed by atoms with van der Waals surface area (Å²) < 4.78 is 19.7. The van der Waals surface area contributed by atoms with Crippen molar-refractivity contribution in [2.24, 2.45) is 5.50 Å². The molecule has 0 aromatic carbocycles.